The van der Waals surface area contributed by atoms with Gasteiger partial charge in [-0.3, -0.25) is 4.79 Å². The lowest BCUT2D eigenvalue weighted by molar-refractivity contribution is -0.269. The van der Waals surface area contributed by atoms with Crippen LogP contribution in [0.1, 0.15) is 38.4 Å². The van der Waals surface area contributed by atoms with Crippen molar-refractivity contribution in [2.75, 3.05) is 0 Å². The van der Waals surface area contributed by atoms with Crippen LogP contribution >= 0.6 is 0 Å². The van der Waals surface area contributed by atoms with Gasteiger partial charge in [-0.15, -0.1) is 0 Å². The van der Waals surface area contributed by atoms with Crippen molar-refractivity contribution in [1.82, 2.24) is 0 Å². The minimum absolute atomic E-state index is 0.236. The molecule has 6 rings (SSSR count). The van der Waals surface area contributed by atoms with Gasteiger partial charge in [-0.25, -0.2) is 4.79 Å². The summed E-state index contributed by atoms with van der Waals surface area (Å²) in [6.07, 6.45) is 6.65. The lowest BCUT2D eigenvalue weighted by Gasteiger charge is -2.67. The van der Waals surface area contributed by atoms with Gasteiger partial charge in [-0.2, -0.15) is 0 Å². The van der Waals surface area contributed by atoms with Gasteiger partial charge < -0.3 is 23.8 Å². The Morgan fingerprint density at radius 3 is 2.68 bits per heavy atom. The van der Waals surface area contributed by atoms with Crippen LogP contribution in [-0.4, -0.2) is 35.0 Å². The third kappa shape index (κ3) is 1.85. The zero-order valence-electron chi connectivity index (χ0n) is 15.7. The van der Waals surface area contributed by atoms with E-state index in [1.807, 2.05) is 6.92 Å². The van der Waals surface area contributed by atoms with Gasteiger partial charge in [0.1, 0.15) is 18.5 Å². The van der Waals surface area contributed by atoms with E-state index < -0.39 is 52.4 Å². The summed E-state index contributed by atoms with van der Waals surface area (Å²) < 4.78 is 16.4. The number of furan rings is 1. The van der Waals surface area contributed by atoms with E-state index in [1.54, 1.807) is 25.3 Å². The molecule has 2 aliphatic carbocycles. The molecule has 148 valence electrons. The van der Waals surface area contributed by atoms with Crippen molar-refractivity contribution < 1.29 is 33.4 Å². The van der Waals surface area contributed by atoms with Gasteiger partial charge >= 0.3 is 11.9 Å². The molecule has 0 amide bonds. The summed E-state index contributed by atoms with van der Waals surface area (Å²) in [7, 11) is 0. The maximum absolute atomic E-state index is 13.0. The highest BCUT2D eigenvalue weighted by atomic mass is 16.6. The molecule has 3 unspecified atom stereocenters. The summed E-state index contributed by atoms with van der Waals surface area (Å²) in [5, 5.41) is 11.3. The minimum Gasteiger partial charge on any atom is -0.472 e. The van der Waals surface area contributed by atoms with Gasteiger partial charge in [0.2, 0.25) is 0 Å². The van der Waals surface area contributed by atoms with Crippen LogP contribution in [0.15, 0.2) is 35.2 Å². The number of cyclic esters (lactones) is 1. The molecule has 8 atom stereocenters. The van der Waals surface area contributed by atoms with Crippen molar-refractivity contribution in [2.24, 2.45) is 28.6 Å². The SMILES string of the molecule is CC12C(C=O)C[C@H]3C(=O)O[C@H](c4ccoc4)C[C@@]3(C)C1[C@H]1C=C[C@]2(O)C(=O)O1. The summed E-state index contributed by atoms with van der Waals surface area (Å²) in [6.45, 7) is 3.77. The lowest BCUT2D eigenvalue weighted by atomic mass is 9.39. The van der Waals surface area contributed by atoms with Crippen LogP contribution in [0.3, 0.4) is 0 Å². The summed E-state index contributed by atoms with van der Waals surface area (Å²) >= 11 is 0. The highest BCUT2D eigenvalue weighted by molar-refractivity contribution is 5.87. The summed E-state index contributed by atoms with van der Waals surface area (Å²) in [5.74, 6) is -2.67. The standard InChI is InChI=1S/C21H22O7/c1-19-8-15(11-4-6-26-10-11)27-17(23)13(19)7-12(9-22)20(2)16(19)14-3-5-21(20,25)18(24)28-14/h3-6,9-10,12-16,25H,7-8H2,1-2H3/t12?,13-,14+,15-,16?,19+,20?,21-/m0/s1. The highest BCUT2D eigenvalue weighted by Gasteiger charge is 2.75. The number of ether oxygens (including phenoxy) is 2. The maximum atomic E-state index is 13.0. The van der Waals surface area contributed by atoms with Crippen LogP contribution < -0.4 is 0 Å². The Kier molecular flexibility index (Phi) is 3.37. The molecule has 1 N–H and O–H groups in total. The second-order valence-electron chi connectivity index (χ2n) is 8.98. The van der Waals surface area contributed by atoms with Crippen LogP contribution in [-0.2, 0) is 23.9 Å². The number of carbonyl (C=O) groups is 3. The number of rotatable bonds is 2. The number of esters is 2. The highest BCUT2D eigenvalue weighted by Crippen LogP contribution is 2.69. The third-order valence-electron chi connectivity index (χ3n) is 7.89. The number of fused-ring (bicyclic) bond motifs is 2. The molecule has 7 nitrogen and oxygen atoms in total. The van der Waals surface area contributed by atoms with Gasteiger partial charge in [-0.05, 0) is 36.5 Å². The molecule has 3 aliphatic heterocycles. The molecule has 7 heteroatoms. The van der Waals surface area contributed by atoms with E-state index >= 15 is 0 Å². The number of aliphatic hydroxyl groups is 1. The molecule has 0 spiro atoms. The predicted molar refractivity (Wildman–Crippen MR) is 93.5 cm³/mol. The monoisotopic (exact) mass is 386 g/mol. The number of carbonyl (C=O) groups excluding carboxylic acids is 3. The van der Waals surface area contributed by atoms with Crippen molar-refractivity contribution >= 4 is 18.2 Å². The molecule has 5 aliphatic rings. The minimum atomic E-state index is -1.89. The quantitative estimate of drug-likeness (QED) is 0.471. The van der Waals surface area contributed by atoms with Crippen molar-refractivity contribution in [3.05, 3.63) is 36.3 Å². The third-order valence-corrected chi connectivity index (χ3v) is 7.89. The van der Waals surface area contributed by atoms with E-state index in [0.29, 0.717) is 6.42 Å². The second kappa shape index (κ2) is 5.35. The molecule has 1 saturated carbocycles. The molecule has 4 heterocycles. The number of hydrogen-bond donors (Lipinski definition) is 1. The topological polar surface area (TPSA) is 103 Å². The number of hydrogen-bond acceptors (Lipinski definition) is 7. The Morgan fingerprint density at radius 1 is 1.25 bits per heavy atom. The first-order valence-electron chi connectivity index (χ1n) is 9.56. The average Bonchev–Trinajstić information content (AvgIpc) is 3.17. The molecule has 0 aromatic carbocycles. The van der Waals surface area contributed by atoms with E-state index in [0.717, 1.165) is 11.8 Å². The van der Waals surface area contributed by atoms with E-state index in [9.17, 15) is 19.5 Å². The summed E-state index contributed by atoms with van der Waals surface area (Å²) in [4.78, 5) is 37.5. The van der Waals surface area contributed by atoms with Crippen molar-refractivity contribution in [1.29, 1.82) is 0 Å². The van der Waals surface area contributed by atoms with Crippen molar-refractivity contribution in [2.45, 2.75) is 44.5 Å². The van der Waals surface area contributed by atoms with E-state index in [-0.39, 0.29) is 12.4 Å². The Hall–Kier alpha value is -2.41. The van der Waals surface area contributed by atoms with Gasteiger partial charge in [-0.1, -0.05) is 13.8 Å². The molecule has 2 saturated heterocycles. The van der Waals surface area contributed by atoms with Gasteiger partial charge in [0.05, 0.1) is 18.4 Å². The zero-order valence-corrected chi connectivity index (χ0v) is 15.7. The fourth-order valence-electron chi connectivity index (χ4n) is 6.41. The van der Waals surface area contributed by atoms with Crippen LogP contribution in [0.2, 0.25) is 0 Å². The Balaban J connectivity index is 1.66. The number of aldehydes is 1. The second-order valence-corrected chi connectivity index (χ2v) is 8.98. The molecular weight excluding hydrogens is 364 g/mol. The van der Waals surface area contributed by atoms with Crippen molar-refractivity contribution in [3.8, 4) is 0 Å². The molecule has 1 aromatic rings. The Morgan fingerprint density at radius 2 is 2.04 bits per heavy atom. The lowest BCUT2D eigenvalue weighted by Crippen LogP contribution is -2.75. The summed E-state index contributed by atoms with van der Waals surface area (Å²) in [6, 6.07) is 1.76. The smallest absolute Gasteiger partial charge is 0.343 e. The Labute approximate surface area is 161 Å². The first-order chi connectivity index (χ1) is 13.3. The molecule has 2 bridgehead atoms. The largest absolute Gasteiger partial charge is 0.472 e. The predicted octanol–water partition coefficient (Wildman–Crippen LogP) is 1.96. The fourth-order valence-corrected chi connectivity index (χ4v) is 6.41. The molecule has 28 heavy (non-hydrogen) atoms. The Bertz CT molecular complexity index is 889. The van der Waals surface area contributed by atoms with Crippen molar-refractivity contribution in [3.63, 3.8) is 0 Å². The molecule has 1 aromatic heterocycles. The molecule has 0 radical (unpaired) electrons. The first kappa shape index (κ1) is 17.7. The first-order valence-corrected chi connectivity index (χ1v) is 9.56. The van der Waals surface area contributed by atoms with E-state index in [1.165, 1.54) is 12.3 Å². The van der Waals surface area contributed by atoms with Gasteiger partial charge in [0.15, 0.2) is 5.60 Å². The average molecular weight is 386 g/mol. The van der Waals surface area contributed by atoms with Crippen LogP contribution in [0.25, 0.3) is 0 Å². The van der Waals surface area contributed by atoms with Gasteiger partial charge in [0.25, 0.3) is 0 Å². The summed E-state index contributed by atoms with van der Waals surface area (Å²) in [5.41, 5.74) is -2.82. The van der Waals surface area contributed by atoms with E-state index in [4.69, 9.17) is 13.9 Å². The molecule has 3 fully saturated rings. The maximum Gasteiger partial charge on any atom is 0.343 e. The van der Waals surface area contributed by atoms with Crippen LogP contribution in [0.5, 0.6) is 0 Å². The van der Waals surface area contributed by atoms with Crippen LogP contribution in [0.4, 0.5) is 0 Å². The molecular formula is C21H22O7. The fraction of sp³-hybridized carbons (Fsp3) is 0.571. The van der Waals surface area contributed by atoms with Gasteiger partial charge in [0, 0.05) is 22.8 Å². The van der Waals surface area contributed by atoms with Crippen LogP contribution in [0, 0.1) is 28.6 Å². The van der Waals surface area contributed by atoms with E-state index in [2.05, 4.69) is 0 Å². The normalized spacial score (nSPS) is 49.0. The zero-order chi connectivity index (χ0) is 19.9.